The summed E-state index contributed by atoms with van der Waals surface area (Å²) in [6.45, 7) is 8.24. The lowest BCUT2D eigenvalue weighted by atomic mass is 9.89. The monoisotopic (exact) mass is 246 g/mol. The Kier molecular flexibility index (Phi) is 10.9. The quantitative estimate of drug-likeness (QED) is 0.703. The van der Waals surface area contributed by atoms with E-state index in [9.17, 15) is 9.59 Å². The summed E-state index contributed by atoms with van der Waals surface area (Å²) in [6, 6.07) is 0. The second kappa shape index (κ2) is 10.1. The Labute approximate surface area is 104 Å². The van der Waals surface area contributed by atoms with Crippen LogP contribution in [0.1, 0.15) is 66.2 Å². The fourth-order valence-electron chi connectivity index (χ4n) is 1.11. The molecule has 0 unspecified atom stereocenters. The van der Waals surface area contributed by atoms with Crippen molar-refractivity contribution >= 4 is 11.9 Å². The summed E-state index contributed by atoms with van der Waals surface area (Å²) in [6.07, 6.45) is 4.75. The van der Waals surface area contributed by atoms with E-state index in [-0.39, 0.29) is 6.42 Å². The highest BCUT2D eigenvalue weighted by Gasteiger charge is 2.08. The summed E-state index contributed by atoms with van der Waals surface area (Å²) in [5, 5.41) is 16.1. The lowest BCUT2D eigenvalue weighted by Crippen LogP contribution is -2.04. The maximum atomic E-state index is 10.2. The molecule has 0 bridgehead atoms. The van der Waals surface area contributed by atoms with Crippen molar-refractivity contribution in [1.82, 2.24) is 0 Å². The van der Waals surface area contributed by atoms with Gasteiger partial charge in [0.1, 0.15) is 0 Å². The summed E-state index contributed by atoms with van der Waals surface area (Å²) < 4.78 is 0. The van der Waals surface area contributed by atoms with Crippen molar-refractivity contribution in [1.29, 1.82) is 0 Å². The minimum absolute atomic E-state index is 0.222. The summed E-state index contributed by atoms with van der Waals surface area (Å²) in [5.74, 6) is -1.42. The average Bonchev–Trinajstić information content (AvgIpc) is 2.16. The predicted octanol–water partition coefficient (Wildman–Crippen LogP) is 3.55. The number of rotatable bonds is 6. The van der Waals surface area contributed by atoms with Gasteiger partial charge in [0.25, 0.3) is 0 Å². The number of aliphatic carboxylic acids is 2. The second-order valence-electron chi connectivity index (χ2n) is 5.26. The van der Waals surface area contributed by atoms with Gasteiger partial charge >= 0.3 is 11.9 Å². The Morgan fingerprint density at radius 3 is 1.71 bits per heavy atom. The minimum Gasteiger partial charge on any atom is -0.481 e. The van der Waals surface area contributed by atoms with Crippen LogP contribution in [0.3, 0.4) is 0 Å². The number of carbonyl (C=O) groups is 2. The van der Waals surface area contributed by atoms with E-state index in [1.807, 2.05) is 0 Å². The second-order valence-corrected chi connectivity index (χ2v) is 5.26. The third-order valence-corrected chi connectivity index (χ3v) is 2.12. The van der Waals surface area contributed by atoms with Crippen molar-refractivity contribution in [2.24, 2.45) is 5.41 Å². The third kappa shape index (κ3) is 25.3. The summed E-state index contributed by atoms with van der Waals surface area (Å²) in [5.41, 5.74) is 0.392. The van der Waals surface area contributed by atoms with E-state index in [0.29, 0.717) is 11.8 Å². The predicted molar refractivity (Wildman–Crippen MR) is 68.1 cm³/mol. The highest BCUT2D eigenvalue weighted by atomic mass is 16.4. The van der Waals surface area contributed by atoms with Gasteiger partial charge in [0.15, 0.2) is 0 Å². The normalized spacial score (nSPS) is 10.4. The molecule has 0 fully saturated rings. The molecule has 0 radical (unpaired) electrons. The highest BCUT2D eigenvalue weighted by molar-refractivity contribution is 5.66. The molecular weight excluding hydrogens is 220 g/mol. The zero-order chi connectivity index (χ0) is 13.9. The molecule has 2 N–H and O–H groups in total. The van der Waals surface area contributed by atoms with Crippen LogP contribution in [0.4, 0.5) is 0 Å². The first-order chi connectivity index (χ1) is 7.69. The zero-order valence-electron chi connectivity index (χ0n) is 11.5. The lowest BCUT2D eigenvalue weighted by Gasteiger charge is -2.17. The molecule has 0 aromatic heterocycles. The van der Waals surface area contributed by atoms with E-state index >= 15 is 0 Å². The van der Waals surface area contributed by atoms with Crippen molar-refractivity contribution in [3.63, 3.8) is 0 Å². The first kappa shape index (κ1) is 18.3. The standard InChI is InChI=1S/C10H20O2.C3H6O2/c1-10(2,3)8-6-4-5-7-9(11)12;1-2-3(4)5/h4-8H2,1-3H3,(H,11,12);2H2,1H3,(H,4,5). The molecule has 102 valence electrons. The van der Waals surface area contributed by atoms with Crippen LogP contribution in [0.15, 0.2) is 0 Å². The number of unbranched alkanes of at least 4 members (excludes halogenated alkanes) is 2. The highest BCUT2D eigenvalue weighted by Crippen LogP contribution is 2.22. The molecule has 0 rings (SSSR count). The summed E-state index contributed by atoms with van der Waals surface area (Å²) in [7, 11) is 0. The van der Waals surface area contributed by atoms with Crippen molar-refractivity contribution in [2.45, 2.75) is 66.2 Å². The largest absolute Gasteiger partial charge is 0.481 e. The first-order valence-electron chi connectivity index (χ1n) is 6.12. The lowest BCUT2D eigenvalue weighted by molar-refractivity contribution is -0.137. The summed E-state index contributed by atoms with van der Waals surface area (Å²) >= 11 is 0. The van der Waals surface area contributed by atoms with Gasteiger partial charge in [-0.25, -0.2) is 0 Å². The van der Waals surface area contributed by atoms with E-state index in [1.165, 1.54) is 6.42 Å². The smallest absolute Gasteiger partial charge is 0.303 e. The molecule has 0 aromatic rings. The van der Waals surface area contributed by atoms with E-state index in [2.05, 4.69) is 20.8 Å². The van der Waals surface area contributed by atoms with Gasteiger partial charge < -0.3 is 10.2 Å². The Morgan fingerprint density at radius 1 is 0.941 bits per heavy atom. The van der Waals surface area contributed by atoms with Gasteiger partial charge in [-0.1, -0.05) is 40.5 Å². The number of carboxylic acid groups (broad SMARTS) is 2. The molecule has 0 saturated heterocycles. The van der Waals surface area contributed by atoms with Gasteiger partial charge in [-0.05, 0) is 18.3 Å². The van der Waals surface area contributed by atoms with Gasteiger partial charge in [-0.2, -0.15) is 0 Å². The molecule has 0 heterocycles. The molecule has 0 aliphatic heterocycles. The molecule has 17 heavy (non-hydrogen) atoms. The maximum Gasteiger partial charge on any atom is 0.303 e. The van der Waals surface area contributed by atoms with E-state index in [1.54, 1.807) is 6.92 Å². The minimum atomic E-state index is -0.745. The molecule has 4 heteroatoms. The maximum absolute atomic E-state index is 10.2. The van der Waals surface area contributed by atoms with Gasteiger partial charge in [-0.15, -0.1) is 0 Å². The summed E-state index contributed by atoms with van der Waals surface area (Å²) in [4.78, 5) is 19.5. The van der Waals surface area contributed by atoms with Crippen LogP contribution in [0.2, 0.25) is 0 Å². The molecule has 0 atom stereocenters. The average molecular weight is 246 g/mol. The van der Waals surface area contributed by atoms with Crippen molar-refractivity contribution in [3.8, 4) is 0 Å². The van der Waals surface area contributed by atoms with Crippen LogP contribution >= 0.6 is 0 Å². The molecule has 0 aliphatic carbocycles. The SMILES string of the molecule is CC(C)(C)CCCCCC(=O)O.CCC(=O)O. The Morgan fingerprint density at radius 2 is 1.41 bits per heavy atom. The Hall–Kier alpha value is -1.06. The number of hydrogen-bond donors (Lipinski definition) is 2. The molecule has 0 saturated carbocycles. The van der Waals surface area contributed by atoms with Gasteiger partial charge in [0.05, 0.1) is 0 Å². The number of hydrogen-bond acceptors (Lipinski definition) is 2. The number of carboxylic acids is 2. The van der Waals surface area contributed by atoms with Crippen molar-refractivity contribution in [3.05, 3.63) is 0 Å². The van der Waals surface area contributed by atoms with Gasteiger partial charge in [0, 0.05) is 12.8 Å². The van der Waals surface area contributed by atoms with Crippen LogP contribution in [-0.4, -0.2) is 22.2 Å². The van der Waals surface area contributed by atoms with Gasteiger partial charge in [-0.3, -0.25) is 9.59 Å². The molecule has 0 spiro atoms. The van der Waals surface area contributed by atoms with Crippen LogP contribution < -0.4 is 0 Å². The van der Waals surface area contributed by atoms with Gasteiger partial charge in [0.2, 0.25) is 0 Å². The van der Waals surface area contributed by atoms with Crippen molar-refractivity contribution < 1.29 is 19.8 Å². The molecule has 0 aromatic carbocycles. The topological polar surface area (TPSA) is 74.6 Å². The Bertz CT molecular complexity index is 216. The zero-order valence-corrected chi connectivity index (χ0v) is 11.5. The van der Waals surface area contributed by atoms with Crippen LogP contribution in [0.5, 0.6) is 0 Å². The van der Waals surface area contributed by atoms with Crippen LogP contribution in [-0.2, 0) is 9.59 Å². The van der Waals surface area contributed by atoms with Crippen molar-refractivity contribution in [2.75, 3.05) is 0 Å². The first-order valence-corrected chi connectivity index (χ1v) is 6.12. The van der Waals surface area contributed by atoms with Crippen LogP contribution in [0.25, 0.3) is 0 Å². The van der Waals surface area contributed by atoms with Crippen LogP contribution in [0, 0.1) is 5.41 Å². The Balaban J connectivity index is 0. The molecule has 4 nitrogen and oxygen atoms in total. The molecular formula is C13H26O4. The fourth-order valence-corrected chi connectivity index (χ4v) is 1.11. The molecule has 0 amide bonds. The fraction of sp³-hybridized carbons (Fsp3) is 0.846. The van der Waals surface area contributed by atoms with E-state index < -0.39 is 11.9 Å². The third-order valence-electron chi connectivity index (χ3n) is 2.12. The molecule has 0 aliphatic rings. The van der Waals surface area contributed by atoms with E-state index in [4.69, 9.17) is 10.2 Å². The van der Waals surface area contributed by atoms with E-state index in [0.717, 1.165) is 19.3 Å².